The number of fused-ring (bicyclic) bond motifs is 1. The van der Waals surface area contributed by atoms with Crippen molar-refractivity contribution in [1.82, 2.24) is 14.8 Å². The molecular formula is C24H27N3O3S. The minimum atomic E-state index is 0.112. The molecule has 0 bridgehead atoms. The minimum Gasteiger partial charge on any atom is -0.494 e. The number of ether oxygens (including phenoxy) is 1. The number of aromatic amines is 1. The van der Waals surface area contributed by atoms with Gasteiger partial charge in [-0.1, -0.05) is 18.2 Å². The van der Waals surface area contributed by atoms with Crippen LogP contribution in [0, 0.1) is 0 Å². The highest BCUT2D eigenvalue weighted by atomic mass is 32.2. The summed E-state index contributed by atoms with van der Waals surface area (Å²) in [6.07, 6.45) is 2.30. The molecular weight excluding hydrogens is 410 g/mol. The number of aromatic nitrogens is 1. The summed E-state index contributed by atoms with van der Waals surface area (Å²) in [5, 5.41) is 1.09. The van der Waals surface area contributed by atoms with E-state index >= 15 is 0 Å². The average Bonchev–Trinajstić information content (AvgIpc) is 3.21. The van der Waals surface area contributed by atoms with Crippen LogP contribution in [0.25, 0.3) is 10.9 Å². The van der Waals surface area contributed by atoms with Gasteiger partial charge in [0.25, 0.3) is 0 Å². The second-order valence-electron chi connectivity index (χ2n) is 7.49. The van der Waals surface area contributed by atoms with Crippen LogP contribution in [0.15, 0.2) is 59.6 Å². The van der Waals surface area contributed by atoms with Crippen LogP contribution < -0.4 is 4.74 Å². The molecule has 1 aliphatic rings. The largest absolute Gasteiger partial charge is 0.494 e. The van der Waals surface area contributed by atoms with Gasteiger partial charge >= 0.3 is 0 Å². The molecule has 0 saturated carbocycles. The summed E-state index contributed by atoms with van der Waals surface area (Å²) in [6, 6.07) is 15.8. The molecule has 1 fully saturated rings. The lowest BCUT2D eigenvalue weighted by molar-refractivity contribution is -0.137. The Balaban J connectivity index is 1.24. The van der Waals surface area contributed by atoms with Crippen LogP contribution in [0.1, 0.15) is 12.5 Å². The zero-order valence-corrected chi connectivity index (χ0v) is 18.5. The van der Waals surface area contributed by atoms with Crippen molar-refractivity contribution in [2.75, 3.05) is 38.5 Å². The molecule has 1 aliphatic heterocycles. The van der Waals surface area contributed by atoms with E-state index in [1.807, 2.05) is 71.5 Å². The molecule has 4 rings (SSSR count). The molecule has 7 heteroatoms. The molecule has 2 amide bonds. The number of para-hydroxylation sites is 1. The van der Waals surface area contributed by atoms with Gasteiger partial charge in [0.1, 0.15) is 5.75 Å². The molecule has 1 aromatic heterocycles. The van der Waals surface area contributed by atoms with Crippen molar-refractivity contribution in [3.05, 3.63) is 60.3 Å². The molecule has 1 N–H and O–H groups in total. The van der Waals surface area contributed by atoms with Crippen LogP contribution in [0.2, 0.25) is 0 Å². The average molecular weight is 438 g/mol. The maximum absolute atomic E-state index is 12.8. The summed E-state index contributed by atoms with van der Waals surface area (Å²) in [4.78, 5) is 33.4. The van der Waals surface area contributed by atoms with E-state index in [0.717, 1.165) is 27.1 Å². The summed E-state index contributed by atoms with van der Waals surface area (Å²) in [5.41, 5.74) is 2.07. The summed E-state index contributed by atoms with van der Waals surface area (Å²) < 4.78 is 5.45. The van der Waals surface area contributed by atoms with Crippen LogP contribution in [-0.4, -0.2) is 65.1 Å². The fourth-order valence-corrected chi connectivity index (χ4v) is 4.59. The van der Waals surface area contributed by atoms with Gasteiger partial charge in [0.15, 0.2) is 0 Å². The smallest absolute Gasteiger partial charge is 0.233 e. The maximum Gasteiger partial charge on any atom is 0.233 e. The van der Waals surface area contributed by atoms with E-state index in [4.69, 9.17) is 4.74 Å². The molecule has 1 saturated heterocycles. The van der Waals surface area contributed by atoms with E-state index < -0.39 is 0 Å². The van der Waals surface area contributed by atoms with E-state index in [0.29, 0.717) is 45.0 Å². The summed E-state index contributed by atoms with van der Waals surface area (Å²) in [6.45, 7) is 4.93. The maximum atomic E-state index is 12.8. The number of amides is 2. The number of rotatable bonds is 7. The third-order valence-electron chi connectivity index (χ3n) is 5.50. The van der Waals surface area contributed by atoms with E-state index in [2.05, 4.69) is 4.98 Å². The monoisotopic (exact) mass is 437 g/mol. The topological polar surface area (TPSA) is 65.6 Å². The van der Waals surface area contributed by atoms with E-state index in [1.54, 1.807) is 0 Å². The Kier molecular flexibility index (Phi) is 6.82. The number of hydrogen-bond acceptors (Lipinski definition) is 4. The van der Waals surface area contributed by atoms with Crippen LogP contribution in [-0.2, 0) is 16.0 Å². The summed E-state index contributed by atoms with van der Waals surface area (Å²) in [7, 11) is 0. The molecule has 2 heterocycles. The second-order valence-corrected chi connectivity index (χ2v) is 8.54. The molecule has 0 spiro atoms. The SMILES string of the molecule is CCOc1ccc(SCC(=O)N2CCN(C(=O)Cc3c[nH]c4ccccc34)CC2)cc1. The minimum absolute atomic E-state index is 0.112. The zero-order valence-electron chi connectivity index (χ0n) is 17.7. The Morgan fingerprint density at radius 2 is 1.65 bits per heavy atom. The Labute approximate surface area is 186 Å². The van der Waals surface area contributed by atoms with E-state index in [-0.39, 0.29) is 11.8 Å². The van der Waals surface area contributed by atoms with Crippen LogP contribution in [0.3, 0.4) is 0 Å². The lowest BCUT2D eigenvalue weighted by Crippen LogP contribution is -2.51. The Hall–Kier alpha value is -2.93. The van der Waals surface area contributed by atoms with Gasteiger partial charge in [-0.15, -0.1) is 11.8 Å². The fraction of sp³-hybridized carbons (Fsp3) is 0.333. The first-order chi connectivity index (χ1) is 15.1. The lowest BCUT2D eigenvalue weighted by atomic mass is 10.1. The number of H-pyrrole nitrogens is 1. The molecule has 162 valence electrons. The number of nitrogens with one attached hydrogen (secondary N) is 1. The number of benzene rings is 2. The summed E-state index contributed by atoms with van der Waals surface area (Å²) >= 11 is 1.53. The number of piperazine rings is 1. The highest BCUT2D eigenvalue weighted by molar-refractivity contribution is 8.00. The normalized spacial score (nSPS) is 14.1. The quantitative estimate of drug-likeness (QED) is 0.574. The molecule has 0 radical (unpaired) electrons. The van der Waals surface area contributed by atoms with Gasteiger partial charge in [-0.2, -0.15) is 0 Å². The number of carbonyl (C=O) groups is 2. The van der Waals surface area contributed by atoms with Crippen molar-refractivity contribution < 1.29 is 14.3 Å². The van der Waals surface area contributed by atoms with Crippen LogP contribution in [0.4, 0.5) is 0 Å². The van der Waals surface area contributed by atoms with Gasteiger partial charge in [0.05, 0.1) is 18.8 Å². The first-order valence-corrected chi connectivity index (χ1v) is 11.6. The number of nitrogens with zero attached hydrogens (tertiary/aromatic N) is 2. The number of thioether (sulfide) groups is 1. The molecule has 31 heavy (non-hydrogen) atoms. The molecule has 2 aromatic carbocycles. The van der Waals surface area contributed by atoms with E-state index in [9.17, 15) is 9.59 Å². The highest BCUT2D eigenvalue weighted by Gasteiger charge is 2.24. The predicted octanol–water partition coefficient (Wildman–Crippen LogP) is 3.57. The second kappa shape index (κ2) is 9.92. The van der Waals surface area contributed by atoms with Gasteiger partial charge in [-0.3, -0.25) is 9.59 Å². The van der Waals surface area contributed by atoms with Crippen molar-refractivity contribution in [2.45, 2.75) is 18.2 Å². The van der Waals surface area contributed by atoms with Crippen molar-refractivity contribution in [3.63, 3.8) is 0 Å². The molecule has 0 unspecified atom stereocenters. The molecule has 0 atom stereocenters. The van der Waals surface area contributed by atoms with Crippen LogP contribution >= 0.6 is 11.8 Å². The van der Waals surface area contributed by atoms with Gasteiger partial charge in [0, 0.05) is 48.2 Å². The van der Waals surface area contributed by atoms with Gasteiger partial charge in [-0.05, 0) is 42.8 Å². The third kappa shape index (κ3) is 5.22. The van der Waals surface area contributed by atoms with Crippen molar-refractivity contribution in [2.24, 2.45) is 0 Å². The Bertz CT molecular complexity index is 1040. The van der Waals surface area contributed by atoms with E-state index in [1.165, 1.54) is 11.8 Å². The van der Waals surface area contributed by atoms with Gasteiger partial charge < -0.3 is 19.5 Å². The number of carbonyl (C=O) groups excluding carboxylic acids is 2. The van der Waals surface area contributed by atoms with Crippen molar-refractivity contribution in [1.29, 1.82) is 0 Å². The predicted molar refractivity (Wildman–Crippen MR) is 123 cm³/mol. The molecule has 3 aromatic rings. The summed E-state index contributed by atoms with van der Waals surface area (Å²) in [5.74, 6) is 1.46. The first kappa shape index (κ1) is 21.3. The fourth-order valence-electron chi connectivity index (χ4n) is 3.79. The Morgan fingerprint density at radius 3 is 2.35 bits per heavy atom. The lowest BCUT2D eigenvalue weighted by Gasteiger charge is -2.34. The van der Waals surface area contributed by atoms with Gasteiger partial charge in [-0.25, -0.2) is 0 Å². The highest BCUT2D eigenvalue weighted by Crippen LogP contribution is 2.22. The third-order valence-corrected chi connectivity index (χ3v) is 6.50. The first-order valence-electron chi connectivity index (χ1n) is 10.6. The molecule has 0 aliphatic carbocycles. The van der Waals surface area contributed by atoms with Crippen molar-refractivity contribution in [3.8, 4) is 5.75 Å². The molecule has 6 nitrogen and oxygen atoms in total. The number of hydrogen-bond donors (Lipinski definition) is 1. The van der Waals surface area contributed by atoms with Crippen LogP contribution in [0.5, 0.6) is 5.75 Å². The Morgan fingerprint density at radius 1 is 0.968 bits per heavy atom. The standard InChI is InChI=1S/C24H27N3O3S/c1-2-30-19-7-9-20(10-8-19)31-17-24(29)27-13-11-26(12-14-27)23(28)15-18-16-25-22-6-4-3-5-21(18)22/h3-10,16,25H,2,11-15,17H2,1H3. The van der Waals surface area contributed by atoms with Gasteiger partial charge in [0.2, 0.25) is 11.8 Å². The van der Waals surface area contributed by atoms with Crippen molar-refractivity contribution >= 4 is 34.5 Å². The zero-order chi connectivity index (χ0) is 21.6.